The Kier molecular flexibility index (Phi) is 4.66. The van der Waals surface area contributed by atoms with Gasteiger partial charge in [0.25, 0.3) is 0 Å². The second-order valence-electron chi connectivity index (χ2n) is 6.80. The van der Waals surface area contributed by atoms with E-state index in [0.717, 1.165) is 39.1 Å². The van der Waals surface area contributed by atoms with Crippen LogP contribution in [0.25, 0.3) is 0 Å². The van der Waals surface area contributed by atoms with Gasteiger partial charge < -0.3 is 15.2 Å². The molecule has 2 aromatic rings. The van der Waals surface area contributed by atoms with Crippen LogP contribution in [0.3, 0.4) is 0 Å². The number of H-pyrrole nitrogens is 1. The van der Waals surface area contributed by atoms with Crippen LogP contribution in [0, 0.1) is 39.0 Å². The van der Waals surface area contributed by atoms with E-state index in [1.54, 1.807) is 0 Å². The summed E-state index contributed by atoms with van der Waals surface area (Å²) in [7, 11) is 0. The highest BCUT2D eigenvalue weighted by Crippen LogP contribution is 2.45. The lowest BCUT2D eigenvalue weighted by Gasteiger charge is -2.28. The van der Waals surface area contributed by atoms with E-state index in [-0.39, 0.29) is 18.5 Å². The van der Waals surface area contributed by atoms with Crippen molar-refractivity contribution in [1.29, 1.82) is 5.26 Å². The summed E-state index contributed by atoms with van der Waals surface area (Å²) < 4.78 is 10.8. The first-order chi connectivity index (χ1) is 12.8. The molecule has 1 aliphatic heterocycles. The third-order valence-electron chi connectivity index (χ3n) is 5.03. The second-order valence-corrected chi connectivity index (χ2v) is 6.80. The van der Waals surface area contributed by atoms with Crippen LogP contribution in [0.4, 0.5) is 0 Å². The fourth-order valence-corrected chi connectivity index (χ4v) is 3.77. The van der Waals surface area contributed by atoms with Gasteiger partial charge in [-0.3, -0.25) is 9.89 Å². The van der Waals surface area contributed by atoms with E-state index >= 15 is 0 Å². The van der Waals surface area contributed by atoms with Gasteiger partial charge in [-0.1, -0.05) is 6.07 Å². The largest absolute Gasteiger partial charge is 0.461 e. The molecule has 0 saturated carbocycles. The van der Waals surface area contributed by atoms with E-state index < -0.39 is 5.92 Å². The molecule has 7 heteroatoms. The lowest BCUT2D eigenvalue weighted by atomic mass is 9.78. The molecule has 0 radical (unpaired) electrons. The molecule has 1 aromatic carbocycles. The van der Waals surface area contributed by atoms with Crippen LogP contribution in [0.1, 0.15) is 51.9 Å². The molecule has 0 saturated heterocycles. The van der Waals surface area contributed by atoms with Crippen LogP contribution < -0.4 is 10.5 Å². The number of aromatic amines is 1. The Morgan fingerprint density at radius 1 is 1.33 bits per heavy atom. The van der Waals surface area contributed by atoms with Crippen LogP contribution >= 0.6 is 0 Å². The molecule has 0 fully saturated rings. The maximum atomic E-state index is 11.3. The number of esters is 1. The van der Waals surface area contributed by atoms with Crippen LogP contribution in [-0.4, -0.2) is 16.2 Å². The number of nitrogens with one attached hydrogen (secondary N) is 1. The zero-order chi connectivity index (χ0) is 19.9. The molecule has 0 spiro atoms. The number of carbonyl (C=O) groups excluding carboxylic acids is 1. The van der Waals surface area contributed by atoms with Gasteiger partial charge in [0.2, 0.25) is 11.8 Å². The summed E-state index contributed by atoms with van der Waals surface area (Å²) in [5.41, 5.74) is 12.9. The molecule has 1 unspecified atom stereocenters. The first kappa shape index (κ1) is 18.5. The molecule has 0 aliphatic carbocycles. The van der Waals surface area contributed by atoms with Crippen LogP contribution in [-0.2, 0) is 16.1 Å². The van der Waals surface area contributed by atoms with E-state index in [4.69, 9.17) is 15.2 Å². The van der Waals surface area contributed by atoms with Crippen molar-refractivity contribution in [3.8, 4) is 11.9 Å². The molecule has 27 heavy (non-hydrogen) atoms. The lowest BCUT2D eigenvalue weighted by molar-refractivity contribution is -0.142. The number of hydrogen-bond donors (Lipinski definition) is 2. The summed E-state index contributed by atoms with van der Waals surface area (Å²) >= 11 is 0. The molecular weight excluding hydrogens is 344 g/mol. The van der Waals surface area contributed by atoms with Gasteiger partial charge in [-0.05, 0) is 55.5 Å². The molecular formula is C20H22N4O3. The van der Waals surface area contributed by atoms with E-state index in [2.05, 4.69) is 16.3 Å². The number of aryl methyl sites for hydroxylation is 3. The number of fused-ring (bicyclic) bond motifs is 1. The number of ether oxygens (including phenoxy) is 2. The fraction of sp³-hybridized carbons (Fsp3) is 0.350. The van der Waals surface area contributed by atoms with Crippen molar-refractivity contribution in [2.45, 2.75) is 47.1 Å². The van der Waals surface area contributed by atoms with Crippen LogP contribution in [0.15, 0.2) is 17.5 Å². The van der Waals surface area contributed by atoms with Crippen LogP contribution in [0.2, 0.25) is 0 Å². The van der Waals surface area contributed by atoms with Crippen molar-refractivity contribution in [2.24, 2.45) is 5.73 Å². The van der Waals surface area contributed by atoms with Gasteiger partial charge in [0.05, 0.1) is 5.92 Å². The van der Waals surface area contributed by atoms with Gasteiger partial charge in [-0.2, -0.15) is 5.26 Å². The fourth-order valence-electron chi connectivity index (χ4n) is 3.77. The number of rotatable bonds is 3. The number of allylic oxidation sites excluding steroid dienone is 1. The van der Waals surface area contributed by atoms with Crippen molar-refractivity contribution in [3.63, 3.8) is 0 Å². The minimum Gasteiger partial charge on any atom is -0.461 e. The van der Waals surface area contributed by atoms with Crippen molar-refractivity contribution < 1.29 is 14.3 Å². The Bertz CT molecular complexity index is 1010. The predicted octanol–water partition coefficient (Wildman–Crippen LogP) is 2.92. The maximum Gasteiger partial charge on any atom is 0.302 e. The molecule has 0 bridgehead atoms. The predicted molar refractivity (Wildman–Crippen MR) is 98.7 cm³/mol. The minimum atomic E-state index is -0.394. The second kappa shape index (κ2) is 6.80. The molecule has 3 N–H and O–H groups in total. The number of benzene rings is 1. The molecule has 3 rings (SSSR count). The third kappa shape index (κ3) is 3.04. The number of nitrogens with zero attached hydrogens (tertiary/aromatic N) is 2. The Morgan fingerprint density at radius 2 is 2.04 bits per heavy atom. The average molecular weight is 366 g/mol. The Morgan fingerprint density at radius 3 is 2.67 bits per heavy atom. The topological polar surface area (TPSA) is 114 Å². The van der Waals surface area contributed by atoms with E-state index in [0.29, 0.717) is 11.5 Å². The number of nitriles is 1. The van der Waals surface area contributed by atoms with Crippen LogP contribution in [0.5, 0.6) is 5.88 Å². The molecule has 2 heterocycles. The van der Waals surface area contributed by atoms with Gasteiger partial charge in [0.15, 0.2) is 0 Å². The van der Waals surface area contributed by atoms with Crippen molar-refractivity contribution in [2.75, 3.05) is 0 Å². The van der Waals surface area contributed by atoms with E-state index in [1.165, 1.54) is 6.92 Å². The van der Waals surface area contributed by atoms with Crippen molar-refractivity contribution in [1.82, 2.24) is 10.2 Å². The SMILES string of the molecule is CC(=O)OCc1c(C)cc(C)c(C2C(C#N)=C(N)Oc3n[nH]c(C)c32)c1C. The van der Waals surface area contributed by atoms with Gasteiger partial charge in [-0.25, -0.2) is 0 Å². The smallest absolute Gasteiger partial charge is 0.302 e. The van der Waals surface area contributed by atoms with Crippen molar-refractivity contribution in [3.05, 3.63) is 56.6 Å². The summed E-state index contributed by atoms with van der Waals surface area (Å²) in [5, 5.41) is 16.8. The number of aromatic nitrogens is 2. The average Bonchev–Trinajstić information content (AvgIpc) is 2.94. The Labute approximate surface area is 157 Å². The first-order valence-corrected chi connectivity index (χ1v) is 8.61. The summed E-state index contributed by atoms with van der Waals surface area (Å²) in [5.74, 6) is -0.289. The van der Waals surface area contributed by atoms with Gasteiger partial charge in [0, 0.05) is 18.2 Å². The molecule has 1 aliphatic rings. The summed E-state index contributed by atoms with van der Waals surface area (Å²) in [6.07, 6.45) is 0. The molecule has 140 valence electrons. The lowest BCUT2D eigenvalue weighted by Crippen LogP contribution is -2.22. The zero-order valence-electron chi connectivity index (χ0n) is 16.1. The number of nitrogens with two attached hydrogens (primary N) is 1. The normalized spacial score (nSPS) is 15.8. The standard InChI is InChI=1S/C20H22N4O3/c1-9-6-10(2)16(11(3)15(9)8-26-13(5)25)18-14(7-21)19(22)27-20-17(18)12(4)23-24-20/h6,18H,8,22H2,1-5H3,(H,23,24). The highest BCUT2D eigenvalue weighted by atomic mass is 16.5. The third-order valence-corrected chi connectivity index (χ3v) is 5.03. The van der Waals surface area contributed by atoms with E-state index in [9.17, 15) is 10.1 Å². The monoisotopic (exact) mass is 366 g/mol. The number of carbonyl (C=O) groups is 1. The highest BCUT2D eigenvalue weighted by molar-refractivity contribution is 5.66. The maximum absolute atomic E-state index is 11.3. The van der Waals surface area contributed by atoms with Crippen molar-refractivity contribution >= 4 is 5.97 Å². The quantitative estimate of drug-likeness (QED) is 0.807. The molecule has 7 nitrogen and oxygen atoms in total. The first-order valence-electron chi connectivity index (χ1n) is 8.61. The van der Waals surface area contributed by atoms with E-state index in [1.807, 2.05) is 33.8 Å². The van der Waals surface area contributed by atoms with Gasteiger partial charge in [0.1, 0.15) is 18.2 Å². The van der Waals surface area contributed by atoms with Gasteiger partial charge in [-0.15, -0.1) is 5.10 Å². The Hall–Kier alpha value is -3.27. The summed E-state index contributed by atoms with van der Waals surface area (Å²) in [6.45, 7) is 9.41. The molecule has 0 amide bonds. The highest BCUT2D eigenvalue weighted by Gasteiger charge is 2.36. The summed E-state index contributed by atoms with van der Waals surface area (Å²) in [4.78, 5) is 11.3. The Balaban J connectivity index is 2.26. The molecule has 1 atom stereocenters. The van der Waals surface area contributed by atoms with Gasteiger partial charge >= 0.3 is 5.97 Å². The number of hydrogen-bond acceptors (Lipinski definition) is 6. The summed E-state index contributed by atoms with van der Waals surface area (Å²) in [6, 6.07) is 4.24. The minimum absolute atomic E-state index is 0.0578. The zero-order valence-corrected chi connectivity index (χ0v) is 16.1. The molecule has 1 aromatic heterocycles.